The molecular weight excluding hydrogens is 403 g/mol. The zero-order valence-electron chi connectivity index (χ0n) is 15.7. The fourth-order valence-electron chi connectivity index (χ4n) is 2.85. The van der Waals surface area contributed by atoms with Crippen LogP contribution < -0.4 is 10.2 Å². The van der Waals surface area contributed by atoms with Crippen LogP contribution in [-0.4, -0.2) is 73.7 Å². The maximum atomic E-state index is 13.2. The number of halogens is 2. The molecule has 10 heteroatoms. The SMILES string of the molecule is C1COCCN1.O=C(O)c1cnc(N2CCOCC2)nc1-c1ccc(F)cc1Cl. The van der Waals surface area contributed by atoms with Crippen molar-refractivity contribution in [1.82, 2.24) is 15.3 Å². The number of anilines is 1. The molecule has 0 spiro atoms. The van der Waals surface area contributed by atoms with Crippen molar-refractivity contribution < 1.29 is 23.8 Å². The van der Waals surface area contributed by atoms with Crippen LogP contribution in [0.25, 0.3) is 11.3 Å². The van der Waals surface area contributed by atoms with E-state index in [0.29, 0.717) is 37.8 Å². The molecule has 8 nitrogen and oxygen atoms in total. The third kappa shape index (κ3) is 5.83. The fraction of sp³-hybridized carbons (Fsp3) is 0.421. The summed E-state index contributed by atoms with van der Waals surface area (Å²) in [4.78, 5) is 21.8. The predicted molar refractivity (Wildman–Crippen MR) is 106 cm³/mol. The lowest BCUT2D eigenvalue weighted by Gasteiger charge is -2.27. The highest BCUT2D eigenvalue weighted by Gasteiger charge is 2.21. The van der Waals surface area contributed by atoms with Crippen molar-refractivity contribution >= 4 is 23.5 Å². The Hall–Kier alpha value is -2.33. The Morgan fingerprint density at radius 3 is 2.41 bits per heavy atom. The second-order valence-electron chi connectivity index (χ2n) is 6.32. The summed E-state index contributed by atoms with van der Waals surface area (Å²) < 4.78 is 23.5. The van der Waals surface area contributed by atoms with Gasteiger partial charge in [-0.2, -0.15) is 0 Å². The van der Waals surface area contributed by atoms with Crippen molar-refractivity contribution in [3.63, 3.8) is 0 Å². The van der Waals surface area contributed by atoms with Gasteiger partial charge in [0.2, 0.25) is 5.95 Å². The molecule has 0 bridgehead atoms. The highest BCUT2D eigenvalue weighted by atomic mass is 35.5. The average molecular weight is 425 g/mol. The van der Waals surface area contributed by atoms with Gasteiger partial charge in [0.15, 0.2) is 0 Å². The number of aromatic nitrogens is 2. The summed E-state index contributed by atoms with van der Waals surface area (Å²) in [5, 5.41) is 12.6. The normalized spacial score (nSPS) is 16.7. The first-order chi connectivity index (χ1) is 14.1. The van der Waals surface area contributed by atoms with E-state index >= 15 is 0 Å². The average Bonchev–Trinajstić information content (AvgIpc) is 2.75. The number of hydrogen-bond donors (Lipinski definition) is 2. The van der Waals surface area contributed by atoms with Crippen LogP contribution in [0.3, 0.4) is 0 Å². The molecule has 2 N–H and O–H groups in total. The highest BCUT2D eigenvalue weighted by Crippen LogP contribution is 2.30. The summed E-state index contributed by atoms with van der Waals surface area (Å²) in [6, 6.07) is 3.75. The quantitative estimate of drug-likeness (QED) is 0.773. The van der Waals surface area contributed by atoms with Gasteiger partial charge in [-0.3, -0.25) is 0 Å². The number of benzene rings is 1. The fourth-order valence-corrected chi connectivity index (χ4v) is 3.10. The molecule has 3 heterocycles. The van der Waals surface area contributed by atoms with E-state index in [-0.39, 0.29) is 16.3 Å². The molecule has 2 aliphatic rings. The van der Waals surface area contributed by atoms with E-state index in [1.54, 1.807) is 0 Å². The molecule has 29 heavy (non-hydrogen) atoms. The van der Waals surface area contributed by atoms with Crippen LogP contribution in [0.4, 0.5) is 10.3 Å². The maximum Gasteiger partial charge on any atom is 0.339 e. The molecule has 0 saturated carbocycles. The van der Waals surface area contributed by atoms with Crippen LogP contribution >= 0.6 is 11.6 Å². The van der Waals surface area contributed by atoms with Gasteiger partial charge in [-0.1, -0.05) is 11.6 Å². The first-order valence-electron chi connectivity index (χ1n) is 9.23. The van der Waals surface area contributed by atoms with Crippen molar-refractivity contribution in [2.75, 3.05) is 57.5 Å². The van der Waals surface area contributed by atoms with Crippen LogP contribution in [0.15, 0.2) is 24.4 Å². The van der Waals surface area contributed by atoms with E-state index < -0.39 is 11.8 Å². The summed E-state index contributed by atoms with van der Waals surface area (Å²) in [7, 11) is 0. The minimum atomic E-state index is -1.17. The van der Waals surface area contributed by atoms with E-state index in [4.69, 9.17) is 21.1 Å². The monoisotopic (exact) mass is 424 g/mol. The van der Waals surface area contributed by atoms with Crippen molar-refractivity contribution in [3.05, 3.63) is 40.8 Å². The molecule has 1 aromatic carbocycles. The molecule has 1 aromatic heterocycles. The standard InChI is InChI=1S/C15H13ClFN3O3.C4H9NO/c16-12-7-9(17)1-2-10(12)13-11(14(21)22)8-18-15(19-13)20-3-5-23-6-4-20;1-3-6-4-2-5-1/h1-2,7-8H,3-6H2,(H,21,22);5H,1-4H2. The smallest absolute Gasteiger partial charge is 0.339 e. The van der Waals surface area contributed by atoms with Crippen LogP contribution in [0.1, 0.15) is 10.4 Å². The minimum absolute atomic E-state index is 0.0875. The Balaban J connectivity index is 0.000000343. The largest absolute Gasteiger partial charge is 0.478 e. The number of ether oxygens (including phenoxy) is 2. The molecule has 0 aliphatic carbocycles. The molecule has 0 radical (unpaired) electrons. The second kappa shape index (κ2) is 10.4. The minimum Gasteiger partial charge on any atom is -0.478 e. The molecule has 4 rings (SSSR count). The predicted octanol–water partition coefficient (Wildman–Crippen LogP) is 2.08. The van der Waals surface area contributed by atoms with Gasteiger partial charge in [-0.05, 0) is 18.2 Å². The van der Waals surface area contributed by atoms with E-state index in [1.807, 2.05) is 4.90 Å². The molecule has 2 fully saturated rings. The number of carboxylic acid groups (broad SMARTS) is 1. The van der Waals surface area contributed by atoms with Crippen molar-refractivity contribution in [2.45, 2.75) is 0 Å². The van der Waals surface area contributed by atoms with Gasteiger partial charge in [-0.25, -0.2) is 19.2 Å². The first kappa shape index (κ1) is 21.4. The third-order valence-electron chi connectivity index (χ3n) is 4.33. The molecule has 0 atom stereocenters. The zero-order valence-corrected chi connectivity index (χ0v) is 16.5. The maximum absolute atomic E-state index is 13.2. The first-order valence-corrected chi connectivity index (χ1v) is 9.61. The highest BCUT2D eigenvalue weighted by molar-refractivity contribution is 6.33. The van der Waals surface area contributed by atoms with Crippen LogP contribution in [0.2, 0.25) is 5.02 Å². The van der Waals surface area contributed by atoms with Gasteiger partial charge >= 0.3 is 5.97 Å². The second-order valence-corrected chi connectivity index (χ2v) is 6.73. The van der Waals surface area contributed by atoms with Crippen molar-refractivity contribution in [1.29, 1.82) is 0 Å². The topological polar surface area (TPSA) is 96.8 Å². The molecule has 0 amide bonds. The lowest BCUT2D eigenvalue weighted by molar-refractivity contribution is 0.0696. The van der Waals surface area contributed by atoms with Crippen LogP contribution in [0.5, 0.6) is 0 Å². The Morgan fingerprint density at radius 1 is 1.17 bits per heavy atom. The molecule has 2 saturated heterocycles. The number of carboxylic acids is 1. The molecule has 2 aliphatic heterocycles. The molecular formula is C19H22ClFN4O4. The number of rotatable bonds is 3. The van der Waals surface area contributed by atoms with Crippen LogP contribution in [0, 0.1) is 5.82 Å². The zero-order chi connectivity index (χ0) is 20.6. The van der Waals surface area contributed by atoms with Gasteiger partial charge in [0.25, 0.3) is 0 Å². The summed E-state index contributed by atoms with van der Waals surface area (Å²) in [6.07, 6.45) is 1.25. The molecule has 0 unspecified atom stereocenters. The van der Waals surface area contributed by atoms with Gasteiger partial charge in [0, 0.05) is 37.9 Å². The number of carbonyl (C=O) groups is 1. The molecule has 156 valence electrons. The summed E-state index contributed by atoms with van der Waals surface area (Å²) >= 11 is 6.05. The van der Waals surface area contributed by atoms with Gasteiger partial charge < -0.3 is 24.8 Å². The summed E-state index contributed by atoms with van der Waals surface area (Å²) in [5.74, 6) is -1.28. The van der Waals surface area contributed by atoms with Gasteiger partial charge in [0.1, 0.15) is 11.4 Å². The summed E-state index contributed by atoms with van der Waals surface area (Å²) in [5.41, 5.74) is 0.428. The Morgan fingerprint density at radius 2 is 1.86 bits per heavy atom. The summed E-state index contributed by atoms with van der Waals surface area (Å²) in [6.45, 7) is 6.17. The van der Waals surface area contributed by atoms with Gasteiger partial charge in [0.05, 0.1) is 37.1 Å². The number of morpholine rings is 2. The number of nitrogens with zero attached hydrogens (tertiary/aromatic N) is 3. The lowest BCUT2D eigenvalue weighted by Crippen LogP contribution is -2.37. The van der Waals surface area contributed by atoms with Crippen LogP contribution in [-0.2, 0) is 9.47 Å². The van der Waals surface area contributed by atoms with Crippen molar-refractivity contribution in [2.24, 2.45) is 0 Å². The number of nitrogens with one attached hydrogen (secondary N) is 1. The lowest BCUT2D eigenvalue weighted by atomic mass is 10.1. The van der Waals surface area contributed by atoms with Crippen molar-refractivity contribution in [3.8, 4) is 11.3 Å². The van der Waals surface area contributed by atoms with Gasteiger partial charge in [-0.15, -0.1) is 0 Å². The number of hydrogen-bond acceptors (Lipinski definition) is 7. The Labute approximate surface area is 172 Å². The Kier molecular flexibility index (Phi) is 7.70. The van der Waals surface area contributed by atoms with E-state index in [1.165, 1.54) is 18.3 Å². The third-order valence-corrected chi connectivity index (χ3v) is 4.65. The molecule has 2 aromatic rings. The number of aromatic carboxylic acids is 1. The van der Waals surface area contributed by atoms with E-state index in [2.05, 4.69) is 15.3 Å². The Bertz CT molecular complexity index is 833. The van der Waals surface area contributed by atoms with E-state index in [9.17, 15) is 14.3 Å². The van der Waals surface area contributed by atoms with E-state index in [0.717, 1.165) is 32.4 Å².